The smallest absolute Gasteiger partial charge is 0.418 e. The fourth-order valence-corrected chi connectivity index (χ4v) is 4.40. The molecule has 0 aliphatic carbocycles. The van der Waals surface area contributed by atoms with Crippen molar-refractivity contribution in [2.24, 2.45) is 0 Å². The molecule has 1 amide bonds. The molecule has 3 aromatic rings. The predicted molar refractivity (Wildman–Crippen MR) is 128 cm³/mol. The first-order chi connectivity index (χ1) is 17.3. The summed E-state index contributed by atoms with van der Waals surface area (Å²) in [5.41, 5.74) is 1.13. The average Bonchev–Trinajstić information content (AvgIpc) is 3.52. The van der Waals surface area contributed by atoms with Gasteiger partial charge in [0.15, 0.2) is 0 Å². The summed E-state index contributed by atoms with van der Waals surface area (Å²) in [4.78, 5) is 26.2. The number of fused-ring (bicyclic) bond motifs is 2. The van der Waals surface area contributed by atoms with Gasteiger partial charge in [-0.2, -0.15) is 23.1 Å². The molecule has 9 nitrogen and oxygen atoms in total. The molecule has 3 N–H and O–H groups in total. The van der Waals surface area contributed by atoms with E-state index in [0.717, 1.165) is 11.8 Å². The van der Waals surface area contributed by atoms with Crippen LogP contribution in [0.3, 0.4) is 0 Å². The van der Waals surface area contributed by atoms with E-state index in [1.54, 1.807) is 17.0 Å². The van der Waals surface area contributed by atoms with Gasteiger partial charge in [0, 0.05) is 42.9 Å². The van der Waals surface area contributed by atoms with Crippen LogP contribution < -0.4 is 15.4 Å². The van der Waals surface area contributed by atoms with Crippen molar-refractivity contribution in [3.05, 3.63) is 35.0 Å². The third kappa shape index (κ3) is 4.52. The van der Waals surface area contributed by atoms with E-state index in [2.05, 4.69) is 25.6 Å². The Kier molecular flexibility index (Phi) is 6.37. The number of aromatic amines is 1. The van der Waals surface area contributed by atoms with Crippen molar-refractivity contribution in [1.29, 1.82) is 0 Å². The van der Waals surface area contributed by atoms with Crippen molar-refractivity contribution >= 4 is 34.4 Å². The van der Waals surface area contributed by atoms with Gasteiger partial charge < -0.3 is 30.0 Å². The Morgan fingerprint density at radius 2 is 2.00 bits per heavy atom. The molecule has 192 valence electrons. The van der Waals surface area contributed by atoms with E-state index in [0.29, 0.717) is 62.8 Å². The summed E-state index contributed by atoms with van der Waals surface area (Å²) in [5.74, 6) is 0.642. The second-order valence-electron chi connectivity index (χ2n) is 8.87. The highest BCUT2D eigenvalue weighted by molar-refractivity contribution is 5.98. The van der Waals surface area contributed by atoms with Gasteiger partial charge in [0.1, 0.15) is 17.2 Å². The zero-order chi connectivity index (χ0) is 25.4. The summed E-state index contributed by atoms with van der Waals surface area (Å²) in [6, 6.07) is 3.34. The van der Waals surface area contributed by atoms with Gasteiger partial charge in [-0.05, 0) is 25.5 Å². The lowest BCUT2D eigenvalue weighted by Crippen LogP contribution is -2.41. The molecule has 0 radical (unpaired) electrons. The molecule has 12 heteroatoms. The van der Waals surface area contributed by atoms with E-state index < -0.39 is 11.7 Å². The minimum Gasteiger partial charge on any atom is -0.491 e. The topological polar surface area (TPSA) is 104 Å². The first kappa shape index (κ1) is 24.2. The number of carbonyl (C=O) groups excluding carboxylic acids is 1. The molecule has 1 aromatic carbocycles. The maximum Gasteiger partial charge on any atom is 0.418 e. The fourth-order valence-electron chi connectivity index (χ4n) is 4.40. The zero-order valence-corrected chi connectivity index (χ0v) is 20.0. The Morgan fingerprint density at radius 3 is 2.72 bits per heavy atom. The van der Waals surface area contributed by atoms with Gasteiger partial charge in [-0.1, -0.05) is 6.92 Å². The molecule has 5 rings (SSSR count). The molecule has 1 fully saturated rings. The van der Waals surface area contributed by atoms with E-state index in [1.807, 2.05) is 13.8 Å². The molecule has 2 aliphatic heterocycles. The number of hydrogen-bond donors (Lipinski definition) is 3. The van der Waals surface area contributed by atoms with E-state index in [-0.39, 0.29) is 34.7 Å². The average molecular weight is 505 g/mol. The highest BCUT2D eigenvalue weighted by Gasteiger charge is 2.36. The molecule has 0 spiro atoms. The van der Waals surface area contributed by atoms with E-state index >= 15 is 0 Å². The van der Waals surface area contributed by atoms with Crippen LogP contribution in [0, 0.1) is 0 Å². The lowest BCUT2D eigenvalue weighted by molar-refractivity contribution is -0.136. The highest BCUT2D eigenvalue weighted by atomic mass is 19.4. The number of anilines is 3. The number of hydrogen-bond acceptors (Lipinski definition) is 7. The molecule has 0 bridgehead atoms. The molecule has 2 aliphatic rings. The van der Waals surface area contributed by atoms with Crippen LogP contribution in [-0.4, -0.2) is 64.7 Å². The summed E-state index contributed by atoms with van der Waals surface area (Å²) in [7, 11) is 0. The molecule has 0 saturated carbocycles. The van der Waals surface area contributed by atoms with Gasteiger partial charge >= 0.3 is 6.18 Å². The minimum absolute atomic E-state index is 0.0577. The number of H-pyrrole nitrogens is 1. The van der Waals surface area contributed by atoms with Crippen LogP contribution in [0.15, 0.2) is 18.3 Å². The first-order valence-electron chi connectivity index (χ1n) is 11.9. The molecule has 4 heterocycles. The second kappa shape index (κ2) is 9.49. The standard InChI is InChI=1S/C24H27F3N6O3/c1-3-13(2)29-21-18-16(24(25,26)27)12-28-20(18)31-23(32-21)30-17-5-4-15(14-6-9-36-19(14)17)22(34)33-7-10-35-11-8-33/h4-5,12-13H,3,6-11H2,1-2H3,(H3,28,29,30,31,32)/t13-/m0/s1. The molecule has 1 saturated heterocycles. The molecule has 0 unspecified atom stereocenters. The number of carbonyl (C=O) groups is 1. The van der Waals surface area contributed by atoms with Crippen molar-refractivity contribution in [2.75, 3.05) is 43.5 Å². The van der Waals surface area contributed by atoms with Crippen LogP contribution in [0.1, 0.15) is 41.8 Å². The van der Waals surface area contributed by atoms with Gasteiger partial charge in [0.05, 0.1) is 36.5 Å². The van der Waals surface area contributed by atoms with Crippen LogP contribution in [0.4, 0.5) is 30.6 Å². The zero-order valence-electron chi connectivity index (χ0n) is 20.0. The summed E-state index contributed by atoms with van der Waals surface area (Å²) < 4.78 is 52.0. The maximum absolute atomic E-state index is 13.6. The Labute approximate surface area is 205 Å². The van der Waals surface area contributed by atoms with Crippen LogP contribution in [-0.2, 0) is 17.3 Å². The second-order valence-corrected chi connectivity index (χ2v) is 8.87. The maximum atomic E-state index is 13.6. The summed E-state index contributed by atoms with van der Waals surface area (Å²) >= 11 is 0. The summed E-state index contributed by atoms with van der Waals surface area (Å²) in [5, 5.41) is 6.05. The fraction of sp³-hybridized carbons (Fsp3) is 0.458. The number of ether oxygens (including phenoxy) is 2. The number of amides is 1. The largest absolute Gasteiger partial charge is 0.491 e. The molecule has 1 atom stereocenters. The third-order valence-electron chi connectivity index (χ3n) is 6.47. The van der Waals surface area contributed by atoms with Crippen molar-refractivity contribution in [2.45, 2.75) is 38.9 Å². The van der Waals surface area contributed by atoms with Crippen LogP contribution in [0.5, 0.6) is 5.75 Å². The lowest BCUT2D eigenvalue weighted by atomic mass is 10.0. The normalized spacial score (nSPS) is 16.5. The number of halogens is 3. The number of benzene rings is 1. The molecule has 36 heavy (non-hydrogen) atoms. The monoisotopic (exact) mass is 504 g/mol. The SMILES string of the molecule is CC[C@H](C)Nc1nc(Nc2ccc(C(=O)N3CCOCC3)c3c2OCC3)nc2[nH]cc(C(F)(F)F)c12. The number of nitrogens with one attached hydrogen (secondary N) is 3. The number of rotatable bonds is 6. The third-order valence-corrected chi connectivity index (χ3v) is 6.47. The van der Waals surface area contributed by atoms with Crippen molar-refractivity contribution in [1.82, 2.24) is 19.9 Å². The molecule has 2 aromatic heterocycles. The van der Waals surface area contributed by atoms with E-state index in [1.165, 1.54) is 0 Å². The molecular weight excluding hydrogens is 477 g/mol. The van der Waals surface area contributed by atoms with Crippen LogP contribution in [0.25, 0.3) is 11.0 Å². The summed E-state index contributed by atoms with van der Waals surface area (Å²) in [6.45, 7) is 6.29. The van der Waals surface area contributed by atoms with Crippen molar-refractivity contribution < 1.29 is 27.4 Å². The molecular formula is C24H27F3N6O3. The van der Waals surface area contributed by atoms with E-state index in [4.69, 9.17) is 9.47 Å². The van der Waals surface area contributed by atoms with Gasteiger partial charge in [-0.15, -0.1) is 0 Å². The first-order valence-corrected chi connectivity index (χ1v) is 11.9. The highest BCUT2D eigenvalue weighted by Crippen LogP contribution is 2.40. The Bertz CT molecular complexity index is 1290. The number of nitrogens with zero attached hydrogens (tertiary/aromatic N) is 3. The lowest BCUT2D eigenvalue weighted by Gasteiger charge is -2.27. The Morgan fingerprint density at radius 1 is 1.22 bits per heavy atom. The summed E-state index contributed by atoms with van der Waals surface area (Å²) in [6.07, 6.45) is -2.39. The van der Waals surface area contributed by atoms with Gasteiger partial charge in [-0.3, -0.25) is 4.79 Å². The minimum atomic E-state index is -4.56. The Hall–Kier alpha value is -3.54. The van der Waals surface area contributed by atoms with Crippen LogP contribution >= 0.6 is 0 Å². The Balaban J connectivity index is 1.50. The van der Waals surface area contributed by atoms with Crippen molar-refractivity contribution in [3.8, 4) is 5.75 Å². The quantitative estimate of drug-likeness (QED) is 0.459. The van der Waals surface area contributed by atoms with Gasteiger partial charge in [-0.25, -0.2) is 0 Å². The number of morpholine rings is 1. The van der Waals surface area contributed by atoms with Gasteiger partial charge in [0.2, 0.25) is 5.95 Å². The van der Waals surface area contributed by atoms with Crippen molar-refractivity contribution in [3.63, 3.8) is 0 Å². The number of alkyl halides is 3. The number of aromatic nitrogens is 3. The van der Waals surface area contributed by atoms with E-state index in [9.17, 15) is 18.0 Å². The van der Waals surface area contributed by atoms with Crippen LogP contribution in [0.2, 0.25) is 0 Å². The predicted octanol–water partition coefficient (Wildman–Crippen LogP) is 4.34. The van der Waals surface area contributed by atoms with Gasteiger partial charge in [0.25, 0.3) is 5.91 Å².